The van der Waals surface area contributed by atoms with Crippen LogP contribution in [-0.4, -0.2) is 62.7 Å². The van der Waals surface area contributed by atoms with E-state index in [2.05, 4.69) is 20.4 Å². The highest BCUT2D eigenvalue weighted by molar-refractivity contribution is 8.03. The van der Waals surface area contributed by atoms with Gasteiger partial charge in [0.1, 0.15) is 28.9 Å². The molecule has 0 spiro atoms. The molecule has 0 radical (unpaired) electrons. The number of β-lactam (4-membered cyclic amide) rings is 1. The van der Waals surface area contributed by atoms with Crippen LogP contribution in [-0.2, 0) is 19.2 Å². The zero-order valence-electron chi connectivity index (χ0n) is 17.0. The molecule has 4 heterocycles. The van der Waals surface area contributed by atoms with Gasteiger partial charge in [0, 0.05) is 22.2 Å². The number of oxime groups is 1. The smallest absolute Gasteiger partial charge is 0.353 e. The van der Waals surface area contributed by atoms with Crippen LogP contribution >= 0.6 is 34.7 Å². The molecule has 2 amide bonds. The van der Waals surface area contributed by atoms with Gasteiger partial charge < -0.3 is 21.0 Å². The van der Waals surface area contributed by atoms with Crippen molar-refractivity contribution >= 4 is 63.3 Å². The number of carbonyl (C=O) groups excluding carboxylic acids is 2. The maximum absolute atomic E-state index is 12.9. The molecule has 2 atom stereocenters. The lowest BCUT2D eigenvalue weighted by Gasteiger charge is -2.50. The Hall–Kier alpha value is -3.16. The van der Waals surface area contributed by atoms with Gasteiger partial charge in [0.25, 0.3) is 11.8 Å². The summed E-state index contributed by atoms with van der Waals surface area (Å²) in [7, 11) is 1.25. The van der Waals surface area contributed by atoms with E-state index in [9.17, 15) is 19.5 Å². The average molecular weight is 509 g/mol. The van der Waals surface area contributed by atoms with Crippen LogP contribution in [0.2, 0.25) is 4.34 Å². The first-order chi connectivity index (χ1) is 15.8. The van der Waals surface area contributed by atoms with Crippen molar-refractivity contribution in [2.24, 2.45) is 5.16 Å². The van der Waals surface area contributed by atoms with Crippen LogP contribution in [0.15, 0.2) is 45.2 Å². The largest absolute Gasteiger partial charge is 0.477 e. The number of anilines is 1. The number of hydrogen-bond acceptors (Lipinski definition) is 10. The van der Waals surface area contributed by atoms with Gasteiger partial charge in [-0.05, 0) is 25.0 Å². The number of aromatic nitrogens is 2. The first-order valence-electron chi connectivity index (χ1n) is 9.53. The van der Waals surface area contributed by atoms with Crippen LogP contribution in [0.5, 0.6) is 0 Å². The minimum Gasteiger partial charge on any atom is -0.477 e. The third kappa shape index (κ3) is 4.38. The van der Waals surface area contributed by atoms with E-state index in [0.29, 0.717) is 17.7 Å². The molecule has 2 aromatic rings. The zero-order valence-corrected chi connectivity index (χ0v) is 19.4. The highest BCUT2D eigenvalue weighted by atomic mass is 35.5. The highest BCUT2D eigenvalue weighted by Crippen LogP contribution is 2.43. The van der Waals surface area contributed by atoms with Gasteiger partial charge in [0.05, 0.1) is 6.04 Å². The molecule has 0 aliphatic carbocycles. The van der Waals surface area contributed by atoms with Gasteiger partial charge in [0.2, 0.25) is 0 Å². The van der Waals surface area contributed by atoms with Crippen molar-refractivity contribution in [3.63, 3.8) is 0 Å². The molecular formula is C19H17ClN6O5S2. The van der Waals surface area contributed by atoms with E-state index in [1.54, 1.807) is 24.5 Å². The SMILES string of the molecule is CO/N=C(\C(=O)N[C@@H]1C(=O)N2C(C(=O)O)=C(Sc3ccncc3)CC[C@H]12)c1nc(N)sc1Cl. The number of pyridine rings is 1. The van der Waals surface area contributed by atoms with Crippen molar-refractivity contribution in [1.82, 2.24) is 20.2 Å². The molecule has 1 saturated heterocycles. The topological polar surface area (TPSA) is 160 Å². The van der Waals surface area contributed by atoms with Crippen molar-refractivity contribution < 1.29 is 24.3 Å². The summed E-state index contributed by atoms with van der Waals surface area (Å²) >= 11 is 8.33. The Morgan fingerprint density at radius 3 is 2.76 bits per heavy atom. The molecule has 4 N–H and O–H groups in total. The van der Waals surface area contributed by atoms with E-state index in [0.717, 1.165) is 16.2 Å². The molecule has 33 heavy (non-hydrogen) atoms. The van der Waals surface area contributed by atoms with E-state index in [-0.39, 0.29) is 26.6 Å². The summed E-state index contributed by atoms with van der Waals surface area (Å²) in [5, 5.41) is 16.2. The molecule has 11 nitrogen and oxygen atoms in total. The molecular weight excluding hydrogens is 492 g/mol. The molecule has 0 bridgehead atoms. The maximum Gasteiger partial charge on any atom is 0.353 e. The van der Waals surface area contributed by atoms with Crippen molar-refractivity contribution in [2.75, 3.05) is 12.8 Å². The van der Waals surface area contributed by atoms with E-state index < -0.39 is 29.9 Å². The number of halogens is 1. The lowest BCUT2D eigenvalue weighted by atomic mass is 9.86. The van der Waals surface area contributed by atoms with Gasteiger partial charge in [-0.3, -0.25) is 19.5 Å². The van der Waals surface area contributed by atoms with Gasteiger partial charge in [-0.1, -0.05) is 39.9 Å². The number of allylic oxidation sites excluding steroid dienone is 1. The molecule has 172 valence electrons. The number of carbonyl (C=O) groups is 3. The number of thiazole rings is 1. The van der Waals surface area contributed by atoms with Crippen LogP contribution in [0.3, 0.4) is 0 Å². The fourth-order valence-electron chi connectivity index (χ4n) is 3.63. The van der Waals surface area contributed by atoms with Crippen LogP contribution in [0.4, 0.5) is 5.13 Å². The number of nitrogen functional groups attached to an aromatic ring is 1. The quantitative estimate of drug-likeness (QED) is 0.287. The number of fused-ring (bicyclic) bond motifs is 1. The first kappa shape index (κ1) is 23.0. The van der Waals surface area contributed by atoms with E-state index in [4.69, 9.17) is 22.2 Å². The van der Waals surface area contributed by atoms with Gasteiger partial charge in [-0.15, -0.1) is 0 Å². The van der Waals surface area contributed by atoms with Gasteiger partial charge in [-0.2, -0.15) is 0 Å². The maximum atomic E-state index is 12.9. The second kappa shape index (κ2) is 9.37. The summed E-state index contributed by atoms with van der Waals surface area (Å²) in [5.74, 6) is -2.47. The Morgan fingerprint density at radius 1 is 1.42 bits per heavy atom. The van der Waals surface area contributed by atoms with Crippen LogP contribution < -0.4 is 11.1 Å². The van der Waals surface area contributed by atoms with Crippen molar-refractivity contribution in [2.45, 2.75) is 29.8 Å². The normalized spacial score (nSPS) is 20.2. The monoisotopic (exact) mass is 508 g/mol. The minimum absolute atomic E-state index is 0.0351. The van der Waals surface area contributed by atoms with Gasteiger partial charge in [0.15, 0.2) is 10.8 Å². The lowest BCUT2D eigenvalue weighted by molar-refractivity contribution is -0.155. The van der Waals surface area contributed by atoms with Crippen LogP contribution in [0.25, 0.3) is 0 Å². The number of nitrogens with one attached hydrogen (secondary N) is 1. The molecule has 0 aromatic carbocycles. The summed E-state index contributed by atoms with van der Waals surface area (Å²) in [5.41, 5.74) is 5.36. The molecule has 0 unspecified atom stereocenters. The molecule has 2 aromatic heterocycles. The highest BCUT2D eigenvalue weighted by Gasteiger charge is 2.53. The predicted octanol–water partition coefficient (Wildman–Crippen LogP) is 1.70. The second-order valence-corrected chi connectivity index (χ2v) is 9.73. The Balaban J connectivity index is 1.54. The summed E-state index contributed by atoms with van der Waals surface area (Å²) < 4.78 is 0.145. The molecule has 2 aliphatic heterocycles. The fraction of sp³-hybridized carbons (Fsp3) is 0.263. The van der Waals surface area contributed by atoms with Gasteiger partial charge in [-0.25, -0.2) is 9.78 Å². The molecule has 14 heteroatoms. The third-order valence-corrected chi connectivity index (χ3v) is 7.23. The number of carboxylic acids is 1. The number of aliphatic carboxylic acids is 1. The Labute approximate surface area is 200 Å². The Bertz CT molecular complexity index is 1180. The molecule has 4 rings (SSSR count). The standard InChI is InChI=1S/C19H17ClN6O5S2/c1-31-25-13(12-15(20)33-19(21)24-12)16(27)23-11-9-2-3-10(32-8-4-6-22-7-5-8)14(18(29)30)26(9)17(11)28/h4-7,9,11H,2-3H2,1H3,(H2,21,24)(H,23,27)(H,29,30)/b25-13-/t9-,11+/m1/s1. The van der Waals surface area contributed by atoms with Crippen molar-refractivity contribution in [1.29, 1.82) is 0 Å². The number of hydrogen-bond donors (Lipinski definition) is 3. The average Bonchev–Trinajstić information content (AvgIpc) is 3.13. The summed E-state index contributed by atoms with van der Waals surface area (Å²) in [4.78, 5) is 53.0. The number of nitrogens with two attached hydrogens (primary N) is 1. The van der Waals surface area contributed by atoms with Crippen LogP contribution in [0.1, 0.15) is 18.5 Å². The predicted molar refractivity (Wildman–Crippen MR) is 122 cm³/mol. The van der Waals surface area contributed by atoms with E-state index >= 15 is 0 Å². The third-order valence-electron chi connectivity index (χ3n) is 5.00. The van der Waals surface area contributed by atoms with E-state index in [1.807, 2.05) is 0 Å². The van der Waals surface area contributed by atoms with Gasteiger partial charge >= 0.3 is 5.97 Å². The molecule has 2 aliphatic rings. The van der Waals surface area contributed by atoms with Crippen molar-refractivity contribution in [3.05, 3.63) is 45.2 Å². The number of rotatable bonds is 7. The lowest BCUT2D eigenvalue weighted by Crippen LogP contribution is -2.72. The van der Waals surface area contributed by atoms with E-state index in [1.165, 1.54) is 23.8 Å². The van der Waals surface area contributed by atoms with Crippen LogP contribution in [0, 0.1) is 0 Å². The van der Waals surface area contributed by atoms with Crippen molar-refractivity contribution in [3.8, 4) is 0 Å². The Kier molecular flexibility index (Phi) is 6.54. The summed E-state index contributed by atoms with van der Waals surface area (Å²) in [6.07, 6.45) is 4.12. The summed E-state index contributed by atoms with van der Waals surface area (Å²) in [6.45, 7) is 0. The first-order valence-corrected chi connectivity index (χ1v) is 11.5. The number of amides is 2. The number of nitrogens with zero attached hydrogens (tertiary/aromatic N) is 4. The number of carboxylic acid groups (broad SMARTS) is 1. The zero-order chi connectivity index (χ0) is 23.7. The second-order valence-electron chi connectivity index (χ2n) is 6.92. The molecule has 0 saturated carbocycles. The minimum atomic E-state index is -1.21. The molecule has 1 fully saturated rings. The summed E-state index contributed by atoms with van der Waals surface area (Å²) in [6, 6.07) is 2.10. The number of thioether (sulfide) groups is 1. The Morgan fingerprint density at radius 2 is 2.15 bits per heavy atom. The fourth-order valence-corrected chi connectivity index (χ4v) is 5.61.